The molecule has 4 rings (SSSR count). The summed E-state index contributed by atoms with van der Waals surface area (Å²) in [4.78, 5) is 14.9. The van der Waals surface area contributed by atoms with Crippen molar-refractivity contribution in [3.05, 3.63) is 99.9 Å². The van der Waals surface area contributed by atoms with E-state index in [2.05, 4.69) is 12.1 Å². The van der Waals surface area contributed by atoms with E-state index in [1.807, 2.05) is 60.7 Å². The van der Waals surface area contributed by atoms with Crippen LogP contribution in [0.1, 0.15) is 17.0 Å². The molecule has 5 nitrogen and oxygen atoms in total. The van der Waals surface area contributed by atoms with Gasteiger partial charge in [0, 0.05) is 11.0 Å². The van der Waals surface area contributed by atoms with E-state index >= 15 is 0 Å². The van der Waals surface area contributed by atoms with Gasteiger partial charge in [-0.1, -0.05) is 72.4 Å². The third kappa shape index (κ3) is 2.77. The van der Waals surface area contributed by atoms with E-state index in [9.17, 15) is 15.3 Å². The smallest absolute Gasteiger partial charge is 0.258 e. The first-order chi connectivity index (χ1) is 13.7. The number of nitrogens with zero attached hydrogens (tertiary/aromatic N) is 3. The number of rotatable bonds is 2. The highest BCUT2D eigenvalue weighted by Crippen LogP contribution is 2.49. The molecule has 0 aromatic heterocycles. The van der Waals surface area contributed by atoms with Crippen LogP contribution in [0.5, 0.6) is 0 Å². The molecule has 1 unspecified atom stereocenters. The van der Waals surface area contributed by atoms with Crippen LogP contribution in [0, 0.1) is 22.7 Å². The molecule has 1 amide bonds. The molecule has 0 saturated heterocycles. The fraction of sp³-hybridized carbons (Fsp3) is 0.0455. The Morgan fingerprint density at radius 1 is 0.929 bits per heavy atom. The molecule has 0 aliphatic carbocycles. The van der Waals surface area contributed by atoms with Gasteiger partial charge in [0.05, 0.1) is 29.2 Å². The first kappa shape index (κ1) is 17.7. The number of hydrogen-bond acceptors (Lipinski definition) is 5. The van der Waals surface area contributed by atoms with Crippen molar-refractivity contribution in [2.24, 2.45) is 5.73 Å². The molecule has 0 fully saturated rings. The summed E-state index contributed by atoms with van der Waals surface area (Å²) in [5.41, 5.74) is 8.46. The summed E-state index contributed by atoms with van der Waals surface area (Å²) in [5, 5.41) is 20.1. The lowest BCUT2D eigenvalue weighted by Gasteiger charge is -2.36. The van der Waals surface area contributed by atoms with Crippen molar-refractivity contribution in [3.63, 3.8) is 0 Å². The average molecular weight is 382 g/mol. The lowest BCUT2D eigenvalue weighted by atomic mass is 9.83. The minimum absolute atomic E-state index is 0.0752. The van der Waals surface area contributed by atoms with E-state index in [-0.39, 0.29) is 17.3 Å². The zero-order chi connectivity index (χ0) is 19.7. The van der Waals surface area contributed by atoms with Crippen LogP contribution >= 0.6 is 11.8 Å². The molecule has 2 aliphatic rings. The van der Waals surface area contributed by atoms with E-state index in [0.717, 1.165) is 16.0 Å². The highest BCUT2D eigenvalue weighted by molar-refractivity contribution is 8.11. The molecule has 2 N–H and O–H groups in total. The van der Waals surface area contributed by atoms with E-state index in [1.54, 1.807) is 0 Å². The zero-order valence-electron chi connectivity index (χ0n) is 14.7. The second-order valence-electron chi connectivity index (χ2n) is 6.24. The summed E-state index contributed by atoms with van der Waals surface area (Å²) in [6.45, 7) is 0. The molecule has 0 bridgehead atoms. The third-order valence-corrected chi connectivity index (χ3v) is 5.81. The summed E-state index contributed by atoms with van der Waals surface area (Å²) < 4.78 is 0. The fourth-order valence-electron chi connectivity index (χ4n) is 3.35. The van der Waals surface area contributed by atoms with Crippen molar-refractivity contribution < 1.29 is 4.79 Å². The summed E-state index contributed by atoms with van der Waals surface area (Å²) in [6, 6.07) is 23.1. The highest BCUT2D eigenvalue weighted by atomic mass is 32.2. The number of amides is 1. The van der Waals surface area contributed by atoms with Crippen LogP contribution in [-0.4, -0.2) is 10.8 Å². The van der Waals surface area contributed by atoms with Crippen LogP contribution < -0.4 is 5.73 Å². The van der Waals surface area contributed by atoms with E-state index in [0.29, 0.717) is 10.6 Å². The van der Waals surface area contributed by atoms with Crippen molar-refractivity contribution in [3.8, 4) is 12.1 Å². The molecule has 134 valence electrons. The Labute approximate surface area is 166 Å². The quantitative estimate of drug-likeness (QED) is 0.852. The standard InChI is InChI=1S/C22H14N4OS/c23-12-16-20(15-9-5-2-6-10-15)17(13-24)22-26(21(16)25)19(27)11-18(28-22)14-7-3-1-4-8-14/h1-11,20H,25H2. The Kier molecular flexibility index (Phi) is 4.49. The lowest BCUT2D eigenvalue weighted by Crippen LogP contribution is -2.39. The number of thioether (sulfide) groups is 1. The molecular weight excluding hydrogens is 368 g/mol. The number of carbonyl (C=O) groups excluding carboxylic acids is 1. The largest absolute Gasteiger partial charge is 0.384 e. The van der Waals surface area contributed by atoms with Gasteiger partial charge in [-0.05, 0) is 11.1 Å². The number of benzene rings is 2. The van der Waals surface area contributed by atoms with E-state index in [1.165, 1.54) is 22.7 Å². The molecule has 28 heavy (non-hydrogen) atoms. The molecule has 1 atom stereocenters. The van der Waals surface area contributed by atoms with Gasteiger partial charge in [0.1, 0.15) is 10.9 Å². The molecule has 0 spiro atoms. The van der Waals surface area contributed by atoms with Crippen molar-refractivity contribution >= 4 is 22.6 Å². The van der Waals surface area contributed by atoms with E-state index in [4.69, 9.17) is 5.73 Å². The average Bonchev–Trinajstić information content (AvgIpc) is 2.74. The van der Waals surface area contributed by atoms with Crippen molar-refractivity contribution in [2.75, 3.05) is 0 Å². The SMILES string of the molecule is N#CC1=C(N)N2C(=O)C=C(c3ccccc3)SC2=C(C#N)C1c1ccccc1. The first-order valence-electron chi connectivity index (χ1n) is 8.53. The molecule has 0 saturated carbocycles. The predicted octanol–water partition coefficient (Wildman–Crippen LogP) is 3.83. The number of nitrogens with two attached hydrogens (primary N) is 1. The predicted molar refractivity (Wildman–Crippen MR) is 108 cm³/mol. The van der Waals surface area contributed by atoms with Crippen LogP contribution in [0.15, 0.2) is 88.7 Å². The second kappa shape index (κ2) is 7.11. The molecule has 2 aliphatic heterocycles. The van der Waals surface area contributed by atoms with Crippen LogP contribution in [0.3, 0.4) is 0 Å². The summed E-state index contributed by atoms with van der Waals surface area (Å²) in [5.74, 6) is -0.888. The van der Waals surface area contributed by atoms with Gasteiger partial charge in [0.2, 0.25) is 0 Å². The van der Waals surface area contributed by atoms with Gasteiger partial charge in [-0.15, -0.1) is 0 Å². The summed E-state index contributed by atoms with van der Waals surface area (Å²) >= 11 is 1.32. The zero-order valence-corrected chi connectivity index (χ0v) is 15.5. The van der Waals surface area contributed by atoms with Crippen LogP contribution in [-0.2, 0) is 4.79 Å². The van der Waals surface area contributed by atoms with Crippen molar-refractivity contribution in [1.29, 1.82) is 10.5 Å². The van der Waals surface area contributed by atoms with Gasteiger partial charge in [-0.2, -0.15) is 10.5 Å². The Bertz CT molecular complexity index is 1130. The van der Waals surface area contributed by atoms with Gasteiger partial charge < -0.3 is 5.73 Å². The lowest BCUT2D eigenvalue weighted by molar-refractivity contribution is -0.122. The Morgan fingerprint density at radius 3 is 2.14 bits per heavy atom. The van der Waals surface area contributed by atoms with E-state index < -0.39 is 5.92 Å². The van der Waals surface area contributed by atoms with Crippen LogP contribution in [0.25, 0.3) is 4.91 Å². The van der Waals surface area contributed by atoms with Gasteiger partial charge in [-0.25, -0.2) is 0 Å². The maximum atomic E-state index is 12.9. The second-order valence-corrected chi connectivity index (χ2v) is 7.27. The number of hydrogen-bond donors (Lipinski definition) is 1. The van der Waals surface area contributed by atoms with Gasteiger partial charge in [0.25, 0.3) is 5.91 Å². The molecule has 2 aromatic rings. The topological polar surface area (TPSA) is 93.9 Å². The fourth-order valence-corrected chi connectivity index (χ4v) is 4.53. The molecular formula is C22H14N4OS. The van der Waals surface area contributed by atoms with Crippen LogP contribution in [0.4, 0.5) is 0 Å². The Morgan fingerprint density at radius 2 is 1.54 bits per heavy atom. The summed E-state index contributed by atoms with van der Waals surface area (Å²) in [6.07, 6.45) is 1.49. The minimum Gasteiger partial charge on any atom is -0.384 e. The number of allylic oxidation sites excluding steroid dienone is 2. The molecule has 2 heterocycles. The summed E-state index contributed by atoms with van der Waals surface area (Å²) in [7, 11) is 0. The maximum Gasteiger partial charge on any atom is 0.258 e. The van der Waals surface area contributed by atoms with Crippen molar-refractivity contribution in [2.45, 2.75) is 5.92 Å². The first-order valence-corrected chi connectivity index (χ1v) is 9.35. The normalized spacial score (nSPS) is 18.9. The molecule has 2 aromatic carbocycles. The van der Waals surface area contributed by atoms with Gasteiger partial charge in [0.15, 0.2) is 0 Å². The Balaban J connectivity index is 1.92. The molecule has 6 heteroatoms. The minimum atomic E-state index is -0.599. The van der Waals surface area contributed by atoms with Crippen LogP contribution in [0.2, 0.25) is 0 Å². The third-order valence-electron chi connectivity index (χ3n) is 4.64. The Hall–Kier alpha value is -3.74. The molecule has 0 radical (unpaired) electrons. The number of fused-ring (bicyclic) bond motifs is 1. The number of carbonyl (C=O) groups is 1. The monoisotopic (exact) mass is 382 g/mol. The van der Waals surface area contributed by atoms with Gasteiger partial charge >= 0.3 is 0 Å². The number of nitriles is 2. The maximum absolute atomic E-state index is 12.9. The highest BCUT2D eigenvalue weighted by Gasteiger charge is 2.40. The van der Waals surface area contributed by atoms with Gasteiger partial charge in [-0.3, -0.25) is 9.69 Å². The van der Waals surface area contributed by atoms with Crippen molar-refractivity contribution in [1.82, 2.24) is 4.90 Å².